The van der Waals surface area contributed by atoms with Gasteiger partial charge in [-0.1, -0.05) is 6.07 Å². The molecule has 0 saturated carbocycles. The monoisotopic (exact) mass is 335 g/mol. The van der Waals surface area contributed by atoms with Crippen molar-refractivity contribution in [2.24, 2.45) is 0 Å². The van der Waals surface area contributed by atoms with Crippen LogP contribution in [0.1, 0.15) is 6.92 Å². The number of rotatable bonds is 7. The lowest BCUT2D eigenvalue weighted by molar-refractivity contribution is -0.892. The maximum Gasteiger partial charge on any atom is 0.275 e. The molecule has 0 atom stereocenters. The normalized spacial score (nSPS) is 15.0. The molecule has 1 heterocycles. The van der Waals surface area contributed by atoms with Crippen molar-refractivity contribution in [2.45, 2.75) is 6.92 Å². The van der Waals surface area contributed by atoms with E-state index in [1.54, 1.807) is 7.11 Å². The van der Waals surface area contributed by atoms with E-state index >= 15 is 0 Å². The highest BCUT2D eigenvalue weighted by atomic mass is 16.5. The fourth-order valence-electron chi connectivity index (χ4n) is 2.79. The summed E-state index contributed by atoms with van der Waals surface area (Å²) < 4.78 is 5.27. The number of ether oxygens (including phenoxy) is 1. The molecule has 2 amide bonds. The number of quaternary nitrogens is 1. The molecule has 1 aromatic carbocycles. The lowest BCUT2D eigenvalue weighted by atomic mass is 10.2. The zero-order valence-corrected chi connectivity index (χ0v) is 14.4. The number of amides is 2. The van der Waals surface area contributed by atoms with Crippen LogP contribution in [0.5, 0.6) is 5.75 Å². The molecule has 3 N–H and O–H groups in total. The largest absolute Gasteiger partial charge is 0.497 e. The summed E-state index contributed by atoms with van der Waals surface area (Å²) in [5.74, 6) is 0.627. The maximum atomic E-state index is 11.9. The van der Waals surface area contributed by atoms with Crippen LogP contribution in [0.4, 0.5) is 5.69 Å². The molecule has 2 rings (SSSR count). The Morgan fingerprint density at radius 1 is 1.21 bits per heavy atom. The Labute approximate surface area is 142 Å². The van der Waals surface area contributed by atoms with Crippen LogP contribution in [0.3, 0.4) is 0 Å². The second-order valence-corrected chi connectivity index (χ2v) is 5.85. The van der Waals surface area contributed by atoms with Crippen molar-refractivity contribution < 1.29 is 19.2 Å². The van der Waals surface area contributed by atoms with Crippen LogP contribution >= 0.6 is 0 Å². The van der Waals surface area contributed by atoms with Gasteiger partial charge in [0.15, 0.2) is 6.54 Å². The number of anilines is 1. The summed E-state index contributed by atoms with van der Waals surface area (Å²) in [7, 11) is 1.67. The predicted octanol–water partition coefficient (Wildman–Crippen LogP) is -1.35. The number of benzene rings is 1. The second-order valence-electron chi connectivity index (χ2n) is 5.85. The average Bonchev–Trinajstić information content (AvgIpc) is 2.61. The fraction of sp³-hybridized carbons (Fsp3) is 0.529. The zero-order chi connectivity index (χ0) is 17.4. The summed E-state index contributed by atoms with van der Waals surface area (Å²) >= 11 is 0. The van der Waals surface area contributed by atoms with Gasteiger partial charge in [0.1, 0.15) is 5.75 Å². The molecule has 0 aromatic heterocycles. The summed E-state index contributed by atoms with van der Waals surface area (Å²) in [6.45, 7) is 6.47. The summed E-state index contributed by atoms with van der Waals surface area (Å²) in [6, 6.07) is 8.03. The van der Waals surface area contributed by atoms with E-state index < -0.39 is 0 Å². The fourth-order valence-corrected chi connectivity index (χ4v) is 2.79. The minimum Gasteiger partial charge on any atom is -0.497 e. The molecule has 0 radical (unpaired) electrons. The van der Waals surface area contributed by atoms with Gasteiger partial charge in [-0.3, -0.25) is 9.59 Å². The number of likely N-dealkylation sites (N-methyl/N-ethyl adjacent to an activating group) is 1. The number of nitrogens with zero attached hydrogens (tertiary/aromatic N) is 1. The number of hydrogen-bond acceptors (Lipinski definition) is 4. The van der Waals surface area contributed by atoms with Gasteiger partial charge in [0.2, 0.25) is 5.91 Å². The minimum absolute atomic E-state index is 0.0515. The van der Waals surface area contributed by atoms with E-state index in [1.807, 2.05) is 25.1 Å². The number of methoxy groups -OCH3 is 1. The summed E-state index contributed by atoms with van der Waals surface area (Å²) in [5, 5.41) is 5.33. The van der Waals surface area contributed by atoms with Gasteiger partial charge < -0.3 is 25.2 Å². The highest BCUT2D eigenvalue weighted by Crippen LogP contribution is 2.20. The number of hydrogen-bond donors (Lipinski definition) is 3. The molecule has 1 aliphatic heterocycles. The predicted molar refractivity (Wildman–Crippen MR) is 92.5 cm³/mol. The third-order valence-electron chi connectivity index (χ3n) is 4.12. The van der Waals surface area contributed by atoms with Gasteiger partial charge in [-0.2, -0.15) is 0 Å². The molecule has 24 heavy (non-hydrogen) atoms. The number of carbonyl (C=O) groups excluding carboxylic acids is 2. The lowest BCUT2D eigenvalue weighted by Crippen LogP contribution is -3.16. The SMILES string of the molecule is CCNC(=O)CNC(=O)C[NH+]1CCN(c2cccc(OC)c2)CC1. The lowest BCUT2D eigenvalue weighted by Gasteiger charge is -2.33. The van der Waals surface area contributed by atoms with Crippen molar-refractivity contribution >= 4 is 17.5 Å². The van der Waals surface area contributed by atoms with E-state index in [0.29, 0.717) is 13.1 Å². The van der Waals surface area contributed by atoms with Crippen molar-refractivity contribution in [3.63, 3.8) is 0 Å². The van der Waals surface area contributed by atoms with Crippen molar-refractivity contribution in [1.82, 2.24) is 10.6 Å². The minimum atomic E-state index is -0.149. The van der Waals surface area contributed by atoms with Gasteiger partial charge in [-0.25, -0.2) is 0 Å². The Balaban J connectivity index is 1.74. The van der Waals surface area contributed by atoms with Crippen molar-refractivity contribution in [1.29, 1.82) is 0 Å². The highest BCUT2D eigenvalue weighted by molar-refractivity contribution is 5.84. The molecular weight excluding hydrogens is 308 g/mol. The Kier molecular flexibility index (Phi) is 6.87. The van der Waals surface area contributed by atoms with Gasteiger partial charge in [0.25, 0.3) is 5.91 Å². The second kappa shape index (κ2) is 9.12. The molecule has 7 nitrogen and oxygen atoms in total. The first-order valence-corrected chi connectivity index (χ1v) is 8.38. The molecule has 132 valence electrons. The molecule has 0 spiro atoms. The Bertz CT molecular complexity index is 557. The van der Waals surface area contributed by atoms with Crippen LogP contribution in [0.15, 0.2) is 24.3 Å². The van der Waals surface area contributed by atoms with Gasteiger partial charge in [0.05, 0.1) is 39.8 Å². The summed E-state index contributed by atoms with van der Waals surface area (Å²) in [5.41, 5.74) is 1.15. The molecule has 1 aromatic rings. The molecular formula is C17H27N4O3+. The van der Waals surface area contributed by atoms with E-state index in [9.17, 15) is 9.59 Å². The smallest absolute Gasteiger partial charge is 0.275 e. The third kappa shape index (κ3) is 5.42. The molecule has 7 heteroatoms. The first-order chi connectivity index (χ1) is 11.6. The van der Waals surface area contributed by atoms with Gasteiger partial charge in [0, 0.05) is 18.3 Å². The van der Waals surface area contributed by atoms with E-state index in [4.69, 9.17) is 4.74 Å². The summed E-state index contributed by atoms with van der Waals surface area (Å²) in [6.07, 6.45) is 0. The Morgan fingerprint density at radius 2 is 1.96 bits per heavy atom. The van der Waals surface area contributed by atoms with E-state index in [-0.39, 0.29) is 18.4 Å². The quantitative estimate of drug-likeness (QED) is 0.576. The van der Waals surface area contributed by atoms with Crippen LogP contribution in [0, 0.1) is 0 Å². The summed E-state index contributed by atoms with van der Waals surface area (Å²) in [4.78, 5) is 26.8. The van der Waals surface area contributed by atoms with Gasteiger partial charge >= 0.3 is 0 Å². The molecule has 0 bridgehead atoms. The van der Waals surface area contributed by atoms with E-state index in [0.717, 1.165) is 37.6 Å². The standard InChI is InChI=1S/C17H26N4O3/c1-3-18-16(22)12-19-17(23)13-20-7-9-21(10-8-20)14-5-4-6-15(11-14)24-2/h4-6,11H,3,7-10,12-13H2,1-2H3,(H,18,22)(H,19,23)/p+1. The first-order valence-electron chi connectivity index (χ1n) is 8.38. The van der Waals surface area contributed by atoms with Crippen LogP contribution in [0.25, 0.3) is 0 Å². The molecule has 1 saturated heterocycles. The third-order valence-corrected chi connectivity index (χ3v) is 4.12. The van der Waals surface area contributed by atoms with Crippen LogP contribution in [0.2, 0.25) is 0 Å². The van der Waals surface area contributed by atoms with Crippen LogP contribution in [-0.2, 0) is 9.59 Å². The maximum absolute atomic E-state index is 11.9. The van der Waals surface area contributed by atoms with E-state index in [2.05, 4.69) is 21.6 Å². The average molecular weight is 335 g/mol. The molecule has 0 aliphatic carbocycles. The van der Waals surface area contributed by atoms with Crippen molar-refractivity contribution in [3.05, 3.63) is 24.3 Å². The van der Waals surface area contributed by atoms with Crippen LogP contribution in [-0.4, -0.2) is 64.7 Å². The van der Waals surface area contributed by atoms with E-state index in [1.165, 1.54) is 4.90 Å². The van der Waals surface area contributed by atoms with Crippen LogP contribution < -0.4 is 25.2 Å². The van der Waals surface area contributed by atoms with Crippen molar-refractivity contribution in [2.75, 3.05) is 57.8 Å². The molecule has 1 fully saturated rings. The molecule has 0 unspecified atom stereocenters. The molecule has 1 aliphatic rings. The Morgan fingerprint density at radius 3 is 2.62 bits per heavy atom. The number of piperazine rings is 1. The first kappa shape index (κ1) is 18.1. The highest BCUT2D eigenvalue weighted by Gasteiger charge is 2.22. The van der Waals surface area contributed by atoms with Crippen molar-refractivity contribution in [3.8, 4) is 5.75 Å². The topological polar surface area (TPSA) is 75.1 Å². The Hall–Kier alpha value is -2.28. The number of nitrogens with one attached hydrogen (secondary N) is 3. The van der Waals surface area contributed by atoms with Gasteiger partial charge in [-0.05, 0) is 19.1 Å². The van der Waals surface area contributed by atoms with Gasteiger partial charge in [-0.15, -0.1) is 0 Å². The number of carbonyl (C=O) groups is 2. The zero-order valence-electron chi connectivity index (χ0n) is 14.4.